The van der Waals surface area contributed by atoms with Crippen molar-refractivity contribution in [3.05, 3.63) is 52.9 Å². The average molecular weight is 259 g/mol. The normalized spacial score (nSPS) is 11.5. The van der Waals surface area contributed by atoms with E-state index in [1.807, 2.05) is 12.3 Å². The molecule has 0 bridgehead atoms. The van der Waals surface area contributed by atoms with Crippen molar-refractivity contribution >= 4 is 0 Å². The Balaban J connectivity index is 2.24. The van der Waals surface area contributed by atoms with E-state index >= 15 is 0 Å². The van der Waals surface area contributed by atoms with Crippen LogP contribution in [-0.2, 0) is 11.3 Å². The van der Waals surface area contributed by atoms with Gasteiger partial charge in [-0.15, -0.1) is 0 Å². The van der Waals surface area contributed by atoms with Gasteiger partial charge in [0.25, 0.3) is 0 Å². The smallest absolute Gasteiger partial charge is 0.0892 e. The summed E-state index contributed by atoms with van der Waals surface area (Å²) >= 11 is 0. The van der Waals surface area contributed by atoms with Crippen molar-refractivity contribution in [2.75, 3.05) is 6.61 Å². The number of aromatic nitrogens is 1. The SMILES string of the molecule is CC(C)=CCCC(C)=CCOCc1cc(C)ccn1. The van der Waals surface area contributed by atoms with E-state index < -0.39 is 0 Å². The molecule has 0 N–H and O–H groups in total. The van der Waals surface area contributed by atoms with Gasteiger partial charge in [0.1, 0.15) is 0 Å². The molecule has 19 heavy (non-hydrogen) atoms. The number of allylic oxidation sites excluding steroid dienone is 3. The Morgan fingerprint density at radius 1 is 1.26 bits per heavy atom. The summed E-state index contributed by atoms with van der Waals surface area (Å²) in [5.41, 5.74) is 4.99. The van der Waals surface area contributed by atoms with E-state index in [9.17, 15) is 0 Å². The van der Waals surface area contributed by atoms with Crippen molar-refractivity contribution in [1.29, 1.82) is 0 Å². The van der Waals surface area contributed by atoms with Gasteiger partial charge in [-0.1, -0.05) is 23.3 Å². The topological polar surface area (TPSA) is 22.1 Å². The van der Waals surface area contributed by atoms with Crippen LogP contribution in [0.1, 0.15) is 44.9 Å². The molecular weight excluding hydrogens is 234 g/mol. The molecule has 0 radical (unpaired) electrons. The van der Waals surface area contributed by atoms with Crippen molar-refractivity contribution < 1.29 is 4.74 Å². The highest BCUT2D eigenvalue weighted by molar-refractivity contribution is 5.13. The van der Waals surface area contributed by atoms with Crippen LogP contribution in [0.15, 0.2) is 41.6 Å². The highest BCUT2D eigenvalue weighted by Gasteiger charge is 1.94. The van der Waals surface area contributed by atoms with Crippen molar-refractivity contribution in [2.24, 2.45) is 0 Å². The molecule has 1 rings (SSSR count). The second kappa shape index (κ2) is 8.65. The van der Waals surface area contributed by atoms with Crippen LogP contribution in [-0.4, -0.2) is 11.6 Å². The third-order valence-corrected chi connectivity index (χ3v) is 2.86. The lowest BCUT2D eigenvalue weighted by Crippen LogP contribution is -1.96. The molecule has 0 unspecified atom stereocenters. The number of nitrogens with zero attached hydrogens (tertiary/aromatic N) is 1. The Morgan fingerprint density at radius 2 is 2.05 bits per heavy atom. The van der Waals surface area contributed by atoms with E-state index in [1.165, 1.54) is 16.7 Å². The summed E-state index contributed by atoms with van der Waals surface area (Å²) in [7, 11) is 0. The monoisotopic (exact) mass is 259 g/mol. The van der Waals surface area contributed by atoms with Crippen molar-refractivity contribution in [2.45, 2.75) is 47.1 Å². The molecule has 0 saturated heterocycles. The summed E-state index contributed by atoms with van der Waals surface area (Å²) in [6, 6.07) is 4.06. The molecule has 0 aliphatic rings. The second-order valence-corrected chi connectivity index (χ2v) is 5.21. The number of hydrogen-bond acceptors (Lipinski definition) is 2. The van der Waals surface area contributed by atoms with E-state index in [2.05, 4.69) is 50.9 Å². The summed E-state index contributed by atoms with van der Waals surface area (Å²) in [4.78, 5) is 4.27. The molecule has 1 heterocycles. The van der Waals surface area contributed by atoms with Gasteiger partial charge in [0, 0.05) is 6.20 Å². The van der Waals surface area contributed by atoms with Crippen LogP contribution in [0.25, 0.3) is 0 Å². The molecule has 2 nitrogen and oxygen atoms in total. The first kappa shape index (κ1) is 15.6. The van der Waals surface area contributed by atoms with E-state index in [-0.39, 0.29) is 0 Å². The maximum absolute atomic E-state index is 5.62. The van der Waals surface area contributed by atoms with E-state index in [0.717, 1.165) is 18.5 Å². The maximum Gasteiger partial charge on any atom is 0.0892 e. The Labute approximate surface area is 117 Å². The third kappa shape index (κ3) is 7.58. The van der Waals surface area contributed by atoms with Gasteiger partial charge < -0.3 is 4.74 Å². The lowest BCUT2D eigenvalue weighted by molar-refractivity contribution is 0.145. The molecule has 1 aromatic heterocycles. The Hall–Kier alpha value is -1.41. The van der Waals surface area contributed by atoms with Crippen molar-refractivity contribution in [3.63, 3.8) is 0 Å². The Kier molecular flexibility index (Phi) is 7.12. The molecule has 0 saturated carbocycles. The highest BCUT2D eigenvalue weighted by atomic mass is 16.5. The predicted octanol–water partition coefficient (Wildman–Crippen LogP) is 4.60. The van der Waals surface area contributed by atoms with Crippen LogP contribution in [0.4, 0.5) is 0 Å². The van der Waals surface area contributed by atoms with Crippen LogP contribution in [0.3, 0.4) is 0 Å². The number of rotatable bonds is 7. The van der Waals surface area contributed by atoms with E-state index in [0.29, 0.717) is 13.2 Å². The summed E-state index contributed by atoms with van der Waals surface area (Å²) in [6.45, 7) is 9.75. The first-order valence-electron chi connectivity index (χ1n) is 6.86. The van der Waals surface area contributed by atoms with Crippen LogP contribution in [0, 0.1) is 6.92 Å². The minimum absolute atomic E-state index is 0.583. The molecule has 0 aliphatic carbocycles. The van der Waals surface area contributed by atoms with Gasteiger partial charge in [0.2, 0.25) is 0 Å². The Bertz CT molecular complexity index is 442. The number of aryl methyl sites for hydroxylation is 1. The van der Waals surface area contributed by atoms with Crippen molar-refractivity contribution in [3.8, 4) is 0 Å². The van der Waals surface area contributed by atoms with Gasteiger partial charge in [0.15, 0.2) is 0 Å². The zero-order chi connectivity index (χ0) is 14.1. The standard InChI is InChI=1S/C17H25NO/c1-14(2)6-5-7-15(3)9-11-19-13-17-12-16(4)8-10-18-17/h6,8-10,12H,5,7,11,13H2,1-4H3. The second-order valence-electron chi connectivity index (χ2n) is 5.21. The van der Waals surface area contributed by atoms with E-state index in [4.69, 9.17) is 4.74 Å². The zero-order valence-corrected chi connectivity index (χ0v) is 12.6. The first-order valence-corrected chi connectivity index (χ1v) is 6.86. The average Bonchev–Trinajstić information content (AvgIpc) is 2.34. The minimum Gasteiger partial charge on any atom is -0.371 e. The zero-order valence-electron chi connectivity index (χ0n) is 12.6. The van der Waals surface area contributed by atoms with Crippen LogP contribution in [0.2, 0.25) is 0 Å². The summed E-state index contributed by atoms with van der Waals surface area (Å²) in [5, 5.41) is 0. The molecule has 0 atom stereocenters. The molecule has 104 valence electrons. The van der Waals surface area contributed by atoms with E-state index in [1.54, 1.807) is 0 Å². The molecule has 2 heteroatoms. The maximum atomic E-state index is 5.62. The highest BCUT2D eigenvalue weighted by Crippen LogP contribution is 2.07. The number of hydrogen-bond donors (Lipinski definition) is 0. The van der Waals surface area contributed by atoms with Gasteiger partial charge in [-0.3, -0.25) is 4.98 Å². The van der Waals surface area contributed by atoms with Gasteiger partial charge in [-0.05, 0) is 58.2 Å². The summed E-state index contributed by atoms with van der Waals surface area (Å²) < 4.78 is 5.62. The fourth-order valence-electron chi connectivity index (χ4n) is 1.73. The fourth-order valence-corrected chi connectivity index (χ4v) is 1.73. The largest absolute Gasteiger partial charge is 0.371 e. The summed E-state index contributed by atoms with van der Waals surface area (Å²) in [5.74, 6) is 0. The molecule has 0 amide bonds. The third-order valence-electron chi connectivity index (χ3n) is 2.86. The molecule has 0 aliphatic heterocycles. The Morgan fingerprint density at radius 3 is 2.74 bits per heavy atom. The molecular formula is C17H25NO. The molecule has 0 spiro atoms. The predicted molar refractivity (Wildman–Crippen MR) is 81.1 cm³/mol. The number of ether oxygens (including phenoxy) is 1. The van der Waals surface area contributed by atoms with Crippen LogP contribution < -0.4 is 0 Å². The number of pyridine rings is 1. The van der Waals surface area contributed by atoms with Crippen LogP contribution in [0.5, 0.6) is 0 Å². The van der Waals surface area contributed by atoms with Gasteiger partial charge in [-0.2, -0.15) is 0 Å². The lowest BCUT2D eigenvalue weighted by atomic mass is 10.1. The lowest BCUT2D eigenvalue weighted by Gasteiger charge is -2.03. The molecule has 0 fully saturated rings. The molecule has 0 aromatic carbocycles. The van der Waals surface area contributed by atoms with Gasteiger partial charge >= 0.3 is 0 Å². The fraction of sp³-hybridized carbons (Fsp3) is 0.471. The minimum atomic E-state index is 0.583. The summed E-state index contributed by atoms with van der Waals surface area (Å²) in [6.07, 6.45) is 8.49. The quantitative estimate of drug-likeness (QED) is 0.527. The van der Waals surface area contributed by atoms with Gasteiger partial charge in [0.05, 0.1) is 18.9 Å². The van der Waals surface area contributed by atoms with Crippen LogP contribution >= 0.6 is 0 Å². The van der Waals surface area contributed by atoms with Crippen molar-refractivity contribution in [1.82, 2.24) is 4.98 Å². The molecule has 1 aromatic rings. The first-order chi connectivity index (χ1) is 9.08. The van der Waals surface area contributed by atoms with Gasteiger partial charge in [-0.25, -0.2) is 0 Å².